The van der Waals surface area contributed by atoms with Crippen LogP contribution in [0.2, 0.25) is 0 Å². The summed E-state index contributed by atoms with van der Waals surface area (Å²) < 4.78 is 7.05. The van der Waals surface area contributed by atoms with Crippen LogP contribution in [0.3, 0.4) is 0 Å². The highest BCUT2D eigenvalue weighted by molar-refractivity contribution is 5.78. The molecule has 0 N–H and O–H groups in total. The lowest BCUT2D eigenvalue weighted by molar-refractivity contribution is -0.133. The van der Waals surface area contributed by atoms with Crippen molar-refractivity contribution >= 4 is 11.7 Å². The van der Waals surface area contributed by atoms with Crippen LogP contribution >= 0.6 is 0 Å². The fourth-order valence-electron chi connectivity index (χ4n) is 4.44. The van der Waals surface area contributed by atoms with Gasteiger partial charge in [-0.25, -0.2) is 15.0 Å². The van der Waals surface area contributed by atoms with Crippen LogP contribution in [0.25, 0.3) is 0 Å². The van der Waals surface area contributed by atoms with E-state index in [0.29, 0.717) is 18.5 Å². The normalized spacial score (nSPS) is 20.5. The molecule has 2 aromatic heterocycles. The standard InChI is InChI=1S/C20H30N8O2/c1-25(16-5-8-26(9-6-16)18-10-19(30-2)23-14-22-18)20(29)12-27-7-3-4-17(27)11-28-15-21-13-24-28/h10,13-17H,3-9,11-12H2,1-2H3. The Morgan fingerprint density at radius 1 is 1.20 bits per heavy atom. The molecule has 2 fully saturated rings. The Balaban J connectivity index is 1.28. The molecule has 1 unspecified atom stereocenters. The molecule has 1 amide bonds. The van der Waals surface area contributed by atoms with E-state index in [2.05, 4.69) is 29.9 Å². The van der Waals surface area contributed by atoms with Crippen LogP contribution in [0.15, 0.2) is 25.0 Å². The summed E-state index contributed by atoms with van der Waals surface area (Å²) >= 11 is 0. The highest BCUT2D eigenvalue weighted by Crippen LogP contribution is 2.23. The number of methoxy groups -OCH3 is 1. The van der Waals surface area contributed by atoms with Gasteiger partial charge in [-0.1, -0.05) is 0 Å². The van der Waals surface area contributed by atoms with Crippen LogP contribution in [-0.2, 0) is 11.3 Å². The van der Waals surface area contributed by atoms with Gasteiger partial charge in [0.25, 0.3) is 0 Å². The van der Waals surface area contributed by atoms with Gasteiger partial charge in [0.05, 0.1) is 20.2 Å². The van der Waals surface area contributed by atoms with Crippen LogP contribution < -0.4 is 9.64 Å². The van der Waals surface area contributed by atoms with Gasteiger partial charge in [0, 0.05) is 38.3 Å². The highest BCUT2D eigenvalue weighted by atomic mass is 16.5. The third-order valence-corrected chi connectivity index (χ3v) is 6.27. The first-order valence-electron chi connectivity index (χ1n) is 10.6. The number of rotatable bonds is 7. The summed E-state index contributed by atoms with van der Waals surface area (Å²) in [5.41, 5.74) is 0. The van der Waals surface area contributed by atoms with Crippen molar-refractivity contribution in [1.29, 1.82) is 0 Å². The van der Waals surface area contributed by atoms with Crippen LogP contribution in [0.1, 0.15) is 25.7 Å². The number of carbonyl (C=O) groups is 1. The van der Waals surface area contributed by atoms with Crippen molar-refractivity contribution < 1.29 is 9.53 Å². The number of aromatic nitrogens is 5. The SMILES string of the molecule is COc1cc(N2CCC(N(C)C(=O)CN3CCCC3Cn3cncn3)CC2)ncn1. The van der Waals surface area contributed by atoms with E-state index < -0.39 is 0 Å². The number of amides is 1. The Morgan fingerprint density at radius 2 is 2.03 bits per heavy atom. The van der Waals surface area contributed by atoms with Gasteiger partial charge in [0.2, 0.25) is 11.8 Å². The second-order valence-corrected chi connectivity index (χ2v) is 8.03. The molecule has 4 heterocycles. The number of likely N-dealkylation sites (tertiary alicyclic amines) is 1. The number of nitrogens with zero attached hydrogens (tertiary/aromatic N) is 8. The van der Waals surface area contributed by atoms with Gasteiger partial charge in [-0.05, 0) is 32.2 Å². The zero-order chi connectivity index (χ0) is 20.9. The van der Waals surface area contributed by atoms with Crippen LogP contribution in [0, 0.1) is 0 Å². The highest BCUT2D eigenvalue weighted by Gasteiger charge is 2.31. The van der Waals surface area contributed by atoms with Gasteiger partial charge >= 0.3 is 0 Å². The van der Waals surface area contributed by atoms with Crippen LogP contribution in [0.4, 0.5) is 5.82 Å². The predicted molar refractivity (Wildman–Crippen MR) is 111 cm³/mol. The molecule has 30 heavy (non-hydrogen) atoms. The van der Waals surface area contributed by atoms with Gasteiger partial charge < -0.3 is 14.5 Å². The second kappa shape index (κ2) is 9.38. The van der Waals surface area contributed by atoms with Gasteiger partial charge in [-0.2, -0.15) is 5.10 Å². The number of piperidine rings is 1. The number of carbonyl (C=O) groups excluding carboxylic acids is 1. The summed E-state index contributed by atoms with van der Waals surface area (Å²) in [4.78, 5) is 31.9. The summed E-state index contributed by atoms with van der Waals surface area (Å²) in [6.45, 7) is 3.95. The molecule has 0 radical (unpaired) electrons. The van der Waals surface area contributed by atoms with Crippen molar-refractivity contribution in [3.05, 3.63) is 25.0 Å². The van der Waals surface area contributed by atoms with Gasteiger partial charge in [0.15, 0.2) is 0 Å². The number of hydrogen-bond acceptors (Lipinski definition) is 8. The largest absolute Gasteiger partial charge is 0.481 e. The summed E-state index contributed by atoms with van der Waals surface area (Å²) in [5, 5.41) is 4.21. The molecule has 0 aromatic carbocycles. The Kier molecular flexibility index (Phi) is 6.41. The fraction of sp³-hybridized carbons (Fsp3) is 0.650. The molecular weight excluding hydrogens is 384 g/mol. The number of hydrogen-bond donors (Lipinski definition) is 0. The summed E-state index contributed by atoms with van der Waals surface area (Å²) in [6.07, 6.45) is 8.90. The van der Waals surface area contributed by atoms with Gasteiger partial charge in [-0.3, -0.25) is 14.4 Å². The van der Waals surface area contributed by atoms with E-state index in [0.717, 1.165) is 57.7 Å². The van der Waals surface area contributed by atoms with Crippen molar-refractivity contribution in [2.75, 3.05) is 45.2 Å². The molecule has 0 spiro atoms. The average molecular weight is 415 g/mol. The van der Waals surface area contributed by atoms with E-state index in [1.807, 2.05) is 22.7 Å². The minimum atomic E-state index is 0.197. The monoisotopic (exact) mass is 414 g/mol. The Labute approximate surface area is 176 Å². The quantitative estimate of drug-likeness (QED) is 0.653. The van der Waals surface area contributed by atoms with Crippen molar-refractivity contribution in [2.24, 2.45) is 0 Å². The van der Waals surface area contributed by atoms with Crippen molar-refractivity contribution in [3.63, 3.8) is 0 Å². The molecule has 2 saturated heterocycles. The first-order valence-corrected chi connectivity index (χ1v) is 10.6. The van der Waals surface area contributed by atoms with Crippen molar-refractivity contribution in [3.8, 4) is 5.88 Å². The minimum absolute atomic E-state index is 0.197. The van der Waals surface area contributed by atoms with Gasteiger partial charge in [-0.15, -0.1) is 0 Å². The van der Waals surface area contributed by atoms with E-state index >= 15 is 0 Å². The van der Waals surface area contributed by atoms with E-state index in [-0.39, 0.29) is 11.9 Å². The molecule has 10 heteroatoms. The Morgan fingerprint density at radius 3 is 2.77 bits per heavy atom. The summed E-state index contributed by atoms with van der Waals surface area (Å²) in [7, 11) is 3.55. The lowest BCUT2D eigenvalue weighted by Crippen LogP contribution is -2.49. The number of likely N-dealkylation sites (N-methyl/N-ethyl adjacent to an activating group) is 1. The fourth-order valence-corrected chi connectivity index (χ4v) is 4.44. The van der Waals surface area contributed by atoms with Crippen molar-refractivity contribution in [2.45, 2.75) is 44.3 Å². The molecule has 0 bridgehead atoms. The third-order valence-electron chi connectivity index (χ3n) is 6.27. The molecule has 0 aliphatic carbocycles. The Hall–Kier alpha value is -2.75. The van der Waals surface area contributed by atoms with Gasteiger partial charge in [0.1, 0.15) is 24.8 Å². The van der Waals surface area contributed by atoms with E-state index in [1.165, 1.54) is 6.33 Å². The zero-order valence-electron chi connectivity index (χ0n) is 17.7. The number of ether oxygens (including phenoxy) is 1. The maximum absolute atomic E-state index is 13.0. The molecule has 1 atom stereocenters. The molecule has 162 valence electrons. The van der Waals surface area contributed by atoms with Crippen LogP contribution in [-0.4, -0.2) is 92.9 Å². The minimum Gasteiger partial charge on any atom is -0.481 e. The van der Waals surface area contributed by atoms with E-state index in [4.69, 9.17) is 4.74 Å². The van der Waals surface area contributed by atoms with Crippen LogP contribution in [0.5, 0.6) is 5.88 Å². The smallest absolute Gasteiger partial charge is 0.236 e. The maximum Gasteiger partial charge on any atom is 0.236 e. The Bertz CT molecular complexity index is 822. The van der Waals surface area contributed by atoms with E-state index in [1.54, 1.807) is 19.8 Å². The average Bonchev–Trinajstić information content (AvgIpc) is 3.46. The molecule has 2 aliphatic heterocycles. The lowest BCUT2D eigenvalue weighted by Gasteiger charge is -2.38. The second-order valence-electron chi connectivity index (χ2n) is 8.03. The summed E-state index contributed by atoms with van der Waals surface area (Å²) in [6, 6.07) is 2.46. The zero-order valence-corrected chi connectivity index (χ0v) is 17.7. The summed E-state index contributed by atoms with van der Waals surface area (Å²) in [5.74, 6) is 1.64. The third kappa shape index (κ3) is 4.69. The molecule has 2 aliphatic rings. The van der Waals surface area contributed by atoms with Crippen molar-refractivity contribution in [1.82, 2.24) is 34.5 Å². The molecule has 4 rings (SSSR count). The van der Waals surface area contributed by atoms with E-state index in [9.17, 15) is 4.79 Å². The first-order chi connectivity index (χ1) is 14.6. The predicted octanol–water partition coefficient (Wildman–Crippen LogP) is 0.669. The molecule has 0 saturated carbocycles. The first kappa shape index (κ1) is 20.5. The molecular formula is C20H30N8O2. The molecule has 10 nitrogen and oxygen atoms in total. The molecule has 2 aromatic rings. The number of anilines is 1. The lowest BCUT2D eigenvalue weighted by atomic mass is 10.0. The maximum atomic E-state index is 13.0. The topological polar surface area (TPSA) is 92.5 Å².